The molecular weight excluding hydrogens is 234 g/mol. The zero-order valence-electron chi connectivity index (χ0n) is 11.8. The lowest BCUT2D eigenvalue weighted by atomic mass is 9.81. The maximum atomic E-state index is 12.8. The summed E-state index contributed by atoms with van der Waals surface area (Å²) in [4.78, 5) is 2.03. The lowest BCUT2D eigenvalue weighted by Gasteiger charge is -2.50. The van der Waals surface area contributed by atoms with Gasteiger partial charge in [-0.1, -0.05) is 33.6 Å². The zero-order chi connectivity index (χ0) is 13.4. The largest absolute Gasteiger partial charge is 0.308 e. The summed E-state index contributed by atoms with van der Waals surface area (Å²) in [6.45, 7) is 7.99. The number of rotatable bonds is 2. The van der Waals surface area contributed by atoms with Gasteiger partial charge < -0.3 is 5.32 Å². The molecule has 0 aromatic carbocycles. The van der Waals surface area contributed by atoms with Crippen LogP contribution in [0.15, 0.2) is 0 Å². The molecule has 106 valence electrons. The molecule has 2 aliphatic rings. The molecule has 2 rings (SSSR count). The van der Waals surface area contributed by atoms with Crippen molar-refractivity contribution >= 4 is 0 Å². The monoisotopic (exact) mass is 260 g/mol. The van der Waals surface area contributed by atoms with Crippen LogP contribution in [0.4, 0.5) is 8.78 Å². The summed E-state index contributed by atoms with van der Waals surface area (Å²) in [7, 11) is 0. The van der Waals surface area contributed by atoms with Gasteiger partial charge in [0.05, 0.1) is 6.54 Å². The number of nitrogens with zero attached hydrogens (tertiary/aromatic N) is 1. The van der Waals surface area contributed by atoms with Crippen molar-refractivity contribution in [3.8, 4) is 0 Å². The SMILES string of the molecule is CC(C)(C)C1CNC2(CCCC2)CN1CC(F)F. The van der Waals surface area contributed by atoms with Crippen LogP contribution in [-0.4, -0.2) is 42.5 Å². The summed E-state index contributed by atoms with van der Waals surface area (Å²) in [5, 5.41) is 3.67. The van der Waals surface area contributed by atoms with E-state index in [9.17, 15) is 8.78 Å². The van der Waals surface area contributed by atoms with Crippen molar-refractivity contribution in [3.63, 3.8) is 0 Å². The molecule has 2 nitrogen and oxygen atoms in total. The van der Waals surface area contributed by atoms with Gasteiger partial charge in [0.25, 0.3) is 6.43 Å². The topological polar surface area (TPSA) is 15.3 Å². The zero-order valence-corrected chi connectivity index (χ0v) is 11.8. The van der Waals surface area contributed by atoms with Crippen LogP contribution in [0.5, 0.6) is 0 Å². The molecule has 0 aromatic heterocycles. The predicted octanol–water partition coefficient (Wildman–Crippen LogP) is 2.88. The average Bonchev–Trinajstić information content (AvgIpc) is 2.63. The number of halogens is 2. The first-order valence-electron chi connectivity index (χ1n) is 7.10. The van der Waals surface area contributed by atoms with Gasteiger partial charge in [0.2, 0.25) is 0 Å². The average molecular weight is 260 g/mol. The highest BCUT2D eigenvalue weighted by Gasteiger charge is 2.44. The molecule has 4 heteroatoms. The molecule has 1 spiro atoms. The molecule has 1 atom stereocenters. The van der Waals surface area contributed by atoms with Crippen molar-refractivity contribution in [2.75, 3.05) is 19.6 Å². The van der Waals surface area contributed by atoms with E-state index >= 15 is 0 Å². The third-order valence-corrected chi connectivity index (χ3v) is 4.55. The second-order valence-corrected chi connectivity index (χ2v) is 7.07. The molecule has 1 unspecified atom stereocenters. The van der Waals surface area contributed by atoms with E-state index in [-0.39, 0.29) is 23.5 Å². The minimum atomic E-state index is -2.23. The minimum Gasteiger partial charge on any atom is -0.308 e. The van der Waals surface area contributed by atoms with E-state index < -0.39 is 6.43 Å². The maximum Gasteiger partial charge on any atom is 0.251 e. The number of hydrogen-bond donors (Lipinski definition) is 1. The Labute approximate surface area is 109 Å². The van der Waals surface area contributed by atoms with Gasteiger partial charge in [-0.15, -0.1) is 0 Å². The second-order valence-electron chi connectivity index (χ2n) is 7.07. The molecule has 0 amide bonds. The summed E-state index contributed by atoms with van der Waals surface area (Å²) in [5.74, 6) is 0. The molecule has 18 heavy (non-hydrogen) atoms. The smallest absolute Gasteiger partial charge is 0.251 e. The molecule has 1 heterocycles. The van der Waals surface area contributed by atoms with E-state index in [4.69, 9.17) is 0 Å². The van der Waals surface area contributed by atoms with E-state index in [2.05, 4.69) is 26.1 Å². The molecule has 2 fully saturated rings. The van der Waals surface area contributed by atoms with Crippen LogP contribution in [-0.2, 0) is 0 Å². The van der Waals surface area contributed by atoms with Crippen LogP contribution in [0.3, 0.4) is 0 Å². The number of nitrogens with one attached hydrogen (secondary N) is 1. The summed E-state index contributed by atoms with van der Waals surface area (Å²) in [5.41, 5.74) is 0.165. The molecule has 1 saturated carbocycles. The summed E-state index contributed by atoms with van der Waals surface area (Å²) >= 11 is 0. The Bertz CT molecular complexity index is 280. The molecule has 0 aromatic rings. The molecule has 1 saturated heterocycles. The number of hydrogen-bond acceptors (Lipinski definition) is 2. The lowest BCUT2D eigenvalue weighted by molar-refractivity contribution is -0.0151. The molecule has 1 aliphatic heterocycles. The Morgan fingerprint density at radius 3 is 2.39 bits per heavy atom. The summed E-state index contributed by atoms with van der Waals surface area (Å²) < 4.78 is 25.6. The number of alkyl halides is 2. The predicted molar refractivity (Wildman–Crippen MR) is 70.0 cm³/mol. The van der Waals surface area contributed by atoms with E-state index in [1.54, 1.807) is 0 Å². The fraction of sp³-hybridized carbons (Fsp3) is 1.00. The van der Waals surface area contributed by atoms with Crippen LogP contribution >= 0.6 is 0 Å². The Kier molecular flexibility index (Phi) is 3.98. The van der Waals surface area contributed by atoms with Crippen LogP contribution in [0.1, 0.15) is 46.5 Å². The Morgan fingerprint density at radius 1 is 1.28 bits per heavy atom. The highest BCUT2D eigenvalue weighted by molar-refractivity contribution is 5.03. The van der Waals surface area contributed by atoms with Crippen LogP contribution < -0.4 is 5.32 Å². The first kappa shape index (κ1) is 14.2. The van der Waals surface area contributed by atoms with Gasteiger partial charge in [-0.3, -0.25) is 4.90 Å². The third kappa shape index (κ3) is 3.02. The molecule has 1 aliphatic carbocycles. The van der Waals surface area contributed by atoms with Gasteiger partial charge in [-0.25, -0.2) is 8.78 Å². The van der Waals surface area contributed by atoms with Gasteiger partial charge in [0.1, 0.15) is 0 Å². The Morgan fingerprint density at radius 2 is 1.89 bits per heavy atom. The summed E-state index contributed by atoms with van der Waals surface area (Å²) in [6.07, 6.45) is 2.52. The van der Waals surface area contributed by atoms with Gasteiger partial charge >= 0.3 is 0 Å². The molecule has 0 radical (unpaired) electrons. The third-order valence-electron chi connectivity index (χ3n) is 4.55. The Balaban J connectivity index is 2.10. The van der Waals surface area contributed by atoms with Crippen molar-refractivity contribution in [3.05, 3.63) is 0 Å². The van der Waals surface area contributed by atoms with Crippen molar-refractivity contribution < 1.29 is 8.78 Å². The maximum absolute atomic E-state index is 12.8. The van der Waals surface area contributed by atoms with Crippen LogP contribution in [0.2, 0.25) is 0 Å². The highest BCUT2D eigenvalue weighted by Crippen LogP contribution is 2.36. The van der Waals surface area contributed by atoms with Gasteiger partial charge in [-0.2, -0.15) is 0 Å². The van der Waals surface area contributed by atoms with E-state index in [0.29, 0.717) is 0 Å². The molecular formula is C14H26F2N2. The number of piperazine rings is 1. The fourth-order valence-corrected chi connectivity index (χ4v) is 3.61. The molecule has 1 N–H and O–H groups in total. The quantitative estimate of drug-likeness (QED) is 0.821. The Hall–Kier alpha value is -0.220. The summed E-state index contributed by atoms with van der Waals surface area (Å²) in [6, 6.07) is 0.206. The van der Waals surface area contributed by atoms with Crippen LogP contribution in [0, 0.1) is 5.41 Å². The van der Waals surface area contributed by atoms with E-state index in [0.717, 1.165) is 25.9 Å². The van der Waals surface area contributed by atoms with Gasteiger partial charge in [0, 0.05) is 24.7 Å². The van der Waals surface area contributed by atoms with Crippen molar-refractivity contribution in [2.45, 2.75) is 64.5 Å². The van der Waals surface area contributed by atoms with Crippen molar-refractivity contribution in [1.29, 1.82) is 0 Å². The standard InChI is InChI=1S/C14H26F2N2/c1-13(2,3)11-8-17-14(6-4-5-7-14)10-18(11)9-12(15)16/h11-12,17H,4-10H2,1-3H3. The lowest BCUT2D eigenvalue weighted by Crippen LogP contribution is -2.66. The minimum absolute atomic E-state index is 0.0438. The van der Waals surface area contributed by atoms with E-state index in [1.807, 2.05) is 4.90 Å². The first-order valence-corrected chi connectivity index (χ1v) is 7.10. The molecule has 0 bridgehead atoms. The van der Waals surface area contributed by atoms with Gasteiger partial charge in [0.15, 0.2) is 0 Å². The normalized spacial score (nSPS) is 29.3. The highest BCUT2D eigenvalue weighted by atomic mass is 19.3. The van der Waals surface area contributed by atoms with Crippen molar-refractivity contribution in [2.24, 2.45) is 5.41 Å². The van der Waals surface area contributed by atoms with E-state index in [1.165, 1.54) is 12.8 Å². The van der Waals surface area contributed by atoms with Crippen LogP contribution in [0.25, 0.3) is 0 Å². The second kappa shape index (κ2) is 5.04. The first-order chi connectivity index (χ1) is 8.32. The van der Waals surface area contributed by atoms with Gasteiger partial charge in [-0.05, 0) is 18.3 Å². The fourth-order valence-electron chi connectivity index (χ4n) is 3.61. The van der Waals surface area contributed by atoms with Crippen molar-refractivity contribution in [1.82, 2.24) is 10.2 Å².